The number of carbonyl (C=O) groups is 1. The molecule has 1 heterocycles. The number of nitrogens with zero attached hydrogens (tertiary/aromatic N) is 1. The van der Waals surface area contributed by atoms with Crippen LogP contribution in [0.2, 0.25) is 0 Å². The fourth-order valence-electron chi connectivity index (χ4n) is 5.95. The summed E-state index contributed by atoms with van der Waals surface area (Å²) in [4.78, 5) is 14.9. The Bertz CT molecular complexity index is 728. The summed E-state index contributed by atoms with van der Waals surface area (Å²) >= 11 is 0. The van der Waals surface area contributed by atoms with Crippen molar-refractivity contribution >= 4 is 5.91 Å². The molecule has 1 amide bonds. The summed E-state index contributed by atoms with van der Waals surface area (Å²) in [5.41, 5.74) is 1.58. The first-order chi connectivity index (χ1) is 12.1. The molecule has 0 radical (unpaired) electrons. The van der Waals surface area contributed by atoms with Crippen molar-refractivity contribution in [2.24, 2.45) is 5.92 Å². The average Bonchev–Trinajstić information content (AvgIpc) is 3.46. The molecule has 4 nitrogen and oxygen atoms in total. The largest absolute Gasteiger partial charge is 0.497 e. The molecule has 3 aliphatic carbocycles. The predicted octanol–water partition coefficient (Wildman–Crippen LogP) is 2.81. The first kappa shape index (κ1) is 15.7. The van der Waals surface area contributed by atoms with Crippen LogP contribution in [0.1, 0.15) is 56.1 Å². The van der Waals surface area contributed by atoms with Crippen LogP contribution in [-0.4, -0.2) is 41.2 Å². The molecule has 0 unspecified atom stereocenters. The smallest absolute Gasteiger partial charge is 0.226 e. The average molecular weight is 341 g/mol. The molecule has 0 spiro atoms. The lowest BCUT2D eigenvalue weighted by molar-refractivity contribution is -0.179. The Balaban J connectivity index is 1.65. The molecule has 1 aliphatic heterocycles. The van der Waals surface area contributed by atoms with Crippen LogP contribution >= 0.6 is 0 Å². The maximum atomic E-state index is 12.9. The van der Waals surface area contributed by atoms with Crippen molar-refractivity contribution in [2.45, 2.75) is 68.4 Å². The first-order valence-corrected chi connectivity index (χ1v) is 9.79. The van der Waals surface area contributed by atoms with Crippen molar-refractivity contribution in [3.05, 3.63) is 29.3 Å². The van der Waals surface area contributed by atoms with E-state index in [-0.39, 0.29) is 23.3 Å². The van der Waals surface area contributed by atoms with Crippen LogP contribution in [-0.2, 0) is 16.6 Å². The first-order valence-electron chi connectivity index (χ1n) is 9.79. The number of aliphatic hydroxyl groups is 1. The molecule has 5 rings (SSSR count). The summed E-state index contributed by atoms with van der Waals surface area (Å²) in [5.74, 6) is 1.38. The standard InChI is InChI=1S/C21H27NO3/c1-25-16-7-6-15-12-18-21(24)9-3-2-8-20(21,17(15)13-16)10-11-22(18)19(23)14-4-5-14/h6-7,13-14,18,24H,2-5,8-12H2,1H3/t18-,20+,21-/m1/s1. The Labute approximate surface area is 149 Å². The van der Waals surface area contributed by atoms with E-state index in [0.29, 0.717) is 0 Å². The van der Waals surface area contributed by atoms with Gasteiger partial charge in [0, 0.05) is 17.9 Å². The second kappa shape index (κ2) is 5.23. The number of ether oxygens (including phenoxy) is 1. The van der Waals surface area contributed by atoms with E-state index >= 15 is 0 Å². The number of benzene rings is 1. The molecule has 1 saturated heterocycles. The molecular weight excluding hydrogens is 314 g/mol. The van der Waals surface area contributed by atoms with Gasteiger partial charge in [0.15, 0.2) is 0 Å². The molecule has 3 fully saturated rings. The van der Waals surface area contributed by atoms with Gasteiger partial charge in [-0.25, -0.2) is 0 Å². The third kappa shape index (κ3) is 2.00. The highest BCUT2D eigenvalue weighted by atomic mass is 16.5. The van der Waals surface area contributed by atoms with Gasteiger partial charge in [-0.1, -0.05) is 18.9 Å². The van der Waals surface area contributed by atoms with Gasteiger partial charge in [-0.3, -0.25) is 4.79 Å². The monoisotopic (exact) mass is 341 g/mol. The minimum absolute atomic E-state index is 0.0597. The summed E-state index contributed by atoms with van der Waals surface area (Å²) in [7, 11) is 1.70. The second-order valence-electron chi connectivity index (χ2n) is 8.51. The Morgan fingerprint density at radius 2 is 2.04 bits per heavy atom. The highest BCUT2D eigenvalue weighted by Gasteiger charge is 2.64. The van der Waals surface area contributed by atoms with Crippen molar-refractivity contribution in [3.8, 4) is 5.75 Å². The highest BCUT2D eigenvalue weighted by molar-refractivity contribution is 5.82. The van der Waals surface area contributed by atoms with Gasteiger partial charge in [0.2, 0.25) is 5.91 Å². The van der Waals surface area contributed by atoms with E-state index < -0.39 is 5.60 Å². The molecule has 1 aromatic rings. The maximum Gasteiger partial charge on any atom is 0.226 e. The predicted molar refractivity (Wildman–Crippen MR) is 94.6 cm³/mol. The number of rotatable bonds is 2. The molecule has 1 aromatic carbocycles. The van der Waals surface area contributed by atoms with E-state index in [1.54, 1.807) is 7.11 Å². The summed E-state index contributed by atoms with van der Waals surface area (Å²) in [5, 5.41) is 12.0. The lowest BCUT2D eigenvalue weighted by atomic mass is 9.49. The number of hydrogen-bond donors (Lipinski definition) is 1. The van der Waals surface area contributed by atoms with E-state index in [4.69, 9.17) is 4.74 Å². The maximum absolute atomic E-state index is 12.9. The van der Waals surface area contributed by atoms with Crippen LogP contribution in [0, 0.1) is 5.92 Å². The lowest BCUT2D eigenvalue weighted by Crippen LogP contribution is -2.73. The number of piperidine rings is 1. The number of methoxy groups -OCH3 is 1. The minimum Gasteiger partial charge on any atom is -0.497 e. The third-order valence-electron chi connectivity index (χ3n) is 7.40. The zero-order chi connectivity index (χ0) is 17.2. The Morgan fingerprint density at radius 1 is 1.24 bits per heavy atom. The molecular formula is C21H27NO3. The number of likely N-dealkylation sites (tertiary alicyclic amines) is 1. The van der Waals surface area contributed by atoms with E-state index in [1.165, 1.54) is 11.1 Å². The van der Waals surface area contributed by atoms with Gasteiger partial charge in [0.25, 0.3) is 0 Å². The molecule has 2 bridgehead atoms. The fourth-order valence-corrected chi connectivity index (χ4v) is 5.95. The van der Waals surface area contributed by atoms with Gasteiger partial charge in [0.05, 0.1) is 18.8 Å². The zero-order valence-electron chi connectivity index (χ0n) is 15.0. The Morgan fingerprint density at radius 3 is 2.80 bits per heavy atom. The summed E-state index contributed by atoms with van der Waals surface area (Å²) in [6, 6.07) is 6.27. The molecule has 1 N–H and O–H groups in total. The van der Waals surface area contributed by atoms with Crippen molar-refractivity contribution in [3.63, 3.8) is 0 Å². The topological polar surface area (TPSA) is 49.8 Å². The summed E-state index contributed by atoms with van der Waals surface area (Å²) < 4.78 is 5.48. The lowest BCUT2D eigenvalue weighted by Gasteiger charge is -2.63. The van der Waals surface area contributed by atoms with Crippen molar-refractivity contribution < 1.29 is 14.6 Å². The summed E-state index contributed by atoms with van der Waals surface area (Å²) in [6.07, 6.45) is 7.74. The van der Waals surface area contributed by atoms with Crippen molar-refractivity contribution in [1.29, 1.82) is 0 Å². The number of amides is 1. The number of fused-ring (bicyclic) bond motifs is 1. The molecule has 3 atom stereocenters. The second-order valence-corrected chi connectivity index (χ2v) is 8.51. The molecule has 4 heteroatoms. The summed E-state index contributed by atoms with van der Waals surface area (Å²) in [6.45, 7) is 0.791. The van der Waals surface area contributed by atoms with Crippen LogP contribution in [0.25, 0.3) is 0 Å². The number of carbonyl (C=O) groups excluding carboxylic acids is 1. The van der Waals surface area contributed by atoms with Gasteiger partial charge in [0.1, 0.15) is 5.75 Å². The van der Waals surface area contributed by atoms with Crippen LogP contribution in [0.4, 0.5) is 0 Å². The van der Waals surface area contributed by atoms with E-state index in [9.17, 15) is 9.90 Å². The van der Waals surface area contributed by atoms with E-state index in [2.05, 4.69) is 17.0 Å². The normalized spacial score (nSPS) is 36.4. The SMILES string of the molecule is COc1ccc2c(c1)[C@@]13CCCC[C@@]1(O)[C@@H](C2)N(C(=O)C1CC1)CC3. The highest BCUT2D eigenvalue weighted by Crippen LogP contribution is 2.58. The van der Waals surface area contributed by atoms with Gasteiger partial charge in [-0.15, -0.1) is 0 Å². The van der Waals surface area contributed by atoms with E-state index in [1.807, 2.05) is 6.07 Å². The van der Waals surface area contributed by atoms with Crippen molar-refractivity contribution in [2.75, 3.05) is 13.7 Å². The Kier molecular flexibility index (Phi) is 3.28. The molecule has 2 saturated carbocycles. The van der Waals surface area contributed by atoms with Gasteiger partial charge in [-0.05, 0) is 61.8 Å². The van der Waals surface area contributed by atoms with Crippen LogP contribution in [0.3, 0.4) is 0 Å². The van der Waals surface area contributed by atoms with E-state index in [0.717, 1.165) is 63.7 Å². The minimum atomic E-state index is -0.784. The van der Waals surface area contributed by atoms with Crippen molar-refractivity contribution in [1.82, 2.24) is 4.90 Å². The zero-order valence-corrected chi connectivity index (χ0v) is 15.0. The third-order valence-corrected chi connectivity index (χ3v) is 7.40. The molecule has 134 valence electrons. The van der Waals surface area contributed by atoms with Gasteiger partial charge < -0.3 is 14.7 Å². The van der Waals surface area contributed by atoms with Crippen LogP contribution in [0.15, 0.2) is 18.2 Å². The molecule has 4 aliphatic rings. The van der Waals surface area contributed by atoms with Gasteiger partial charge in [-0.2, -0.15) is 0 Å². The van der Waals surface area contributed by atoms with Crippen LogP contribution < -0.4 is 4.74 Å². The number of hydrogen-bond acceptors (Lipinski definition) is 3. The van der Waals surface area contributed by atoms with Crippen LogP contribution in [0.5, 0.6) is 5.75 Å². The quantitative estimate of drug-likeness (QED) is 0.900. The molecule has 0 aromatic heterocycles. The fraction of sp³-hybridized carbons (Fsp3) is 0.667. The Hall–Kier alpha value is -1.55. The molecule has 25 heavy (non-hydrogen) atoms. The van der Waals surface area contributed by atoms with Gasteiger partial charge >= 0.3 is 0 Å².